The first kappa shape index (κ1) is 17.3. The van der Waals surface area contributed by atoms with Crippen molar-refractivity contribution >= 4 is 23.2 Å². The van der Waals surface area contributed by atoms with Crippen LogP contribution in [0.5, 0.6) is 0 Å². The summed E-state index contributed by atoms with van der Waals surface area (Å²) >= 11 is 3.57. The van der Waals surface area contributed by atoms with E-state index in [-0.39, 0.29) is 0 Å². The van der Waals surface area contributed by atoms with Crippen LogP contribution in [-0.4, -0.2) is 11.8 Å². The van der Waals surface area contributed by atoms with Gasteiger partial charge in [-0.2, -0.15) is 0 Å². The Bertz CT molecular complexity index is 753. The first-order valence-electron chi connectivity index (χ1n) is 6.61. The smallest absolute Gasteiger partial charge is 0.418 e. The molecule has 0 unspecified atom stereocenters. The molecule has 0 atom stereocenters. The molecule has 0 spiro atoms. The van der Waals surface area contributed by atoms with Gasteiger partial charge < -0.3 is 17.3 Å². The van der Waals surface area contributed by atoms with Gasteiger partial charge >= 0.3 is 7.25 Å². The average Bonchev–Trinajstić information content (AvgIpc) is 2.96. The number of rotatable bonds is 2. The molecule has 2 aromatic carbocycles. The van der Waals surface area contributed by atoms with Crippen LogP contribution in [0.4, 0.5) is 17.3 Å². The van der Waals surface area contributed by atoms with E-state index in [0.29, 0.717) is 0 Å². The van der Waals surface area contributed by atoms with E-state index in [1.807, 2.05) is 42.6 Å². The van der Waals surface area contributed by atoms with Gasteiger partial charge in [0.05, 0.1) is 4.47 Å². The van der Waals surface area contributed by atoms with E-state index in [4.69, 9.17) is 0 Å². The summed E-state index contributed by atoms with van der Waals surface area (Å²) in [6.45, 7) is 0. The van der Waals surface area contributed by atoms with Gasteiger partial charge in [-0.25, -0.2) is 9.13 Å². The Morgan fingerprint density at radius 2 is 1.43 bits per heavy atom. The van der Waals surface area contributed by atoms with E-state index in [1.165, 1.54) is 0 Å². The molecule has 3 rings (SSSR count). The largest absolute Gasteiger partial charge is 0.673 e. The van der Waals surface area contributed by atoms with Gasteiger partial charge in [0.2, 0.25) is 0 Å². The molecule has 0 fully saturated rings. The average molecular weight is 387 g/mol. The highest BCUT2D eigenvalue weighted by atomic mass is 79.9. The molecule has 8 heteroatoms. The quantitative estimate of drug-likeness (QED) is 0.339. The lowest BCUT2D eigenvalue weighted by atomic mass is 10.3. The predicted octanol–water partition coefficient (Wildman–Crippen LogP) is 4.82. The summed E-state index contributed by atoms with van der Waals surface area (Å²) in [5.74, 6) is 0. The number of imidazole rings is 1. The van der Waals surface area contributed by atoms with E-state index in [0.717, 1.165) is 15.8 Å². The number of nitrogens with zero attached hydrogens (tertiary/aromatic N) is 2. The topological polar surface area (TPSA) is 8.81 Å². The van der Waals surface area contributed by atoms with Crippen LogP contribution in [0.1, 0.15) is 0 Å². The highest BCUT2D eigenvalue weighted by Crippen LogP contribution is 2.16. The second-order valence-electron chi connectivity index (χ2n) is 4.51. The molecule has 0 radical (unpaired) electrons. The lowest BCUT2D eigenvalue weighted by Crippen LogP contribution is -2.27. The van der Waals surface area contributed by atoms with E-state index < -0.39 is 7.25 Å². The molecule has 0 aliphatic carbocycles. The van der Waals surface area contributed by atoms with Crippen LogP contribution in [0.15, 0.2) is 77.8 Å². The zero-order valence-electron chi connectivity index (χ0n) is 11.8. The Kier molecular flexibility index (Phi) is 5.60. The van der Waals surface area contributed by atoms with Crippen molar-refractivity contribution in [1.29, 1.82) is 0 Å². The Hall–Kier alpha value is -2.09. The maximum atomic E-state index is 9.75. The maximum Gasteiger partial charge on any atom is 0.673 e. The third kappa shape index (κ3) is 5.56. The molecule has 23 heavy (non-hydrogen) atoms. The van der Waals surface area contributed by atoms with Crippen LogP contribution in [0.3, 0.4) is 0 Å². The van der Waals surface area contributed by atoms with Crippen LogP contribution in [0.25, 0.3) is 11.4 Å². The molecule has 120 valence electrons. The first-order chi connectivity index (χ1) is 10.8. The molecule has 0 aliphatic rings. The third-order valence-corrected chi connectivity index (χ3v) is 3.49. The van der Waals surface area contributed by atoms with Crippen molar-refractivity contribution in [3.8, 4) is 11.4 Å². The zero-order valence-corrected chi connectivity index (χ0v) is 13.4. The SMILES string of the molecule is Brc1ccccc1-[n+]1ccn(-c2ccccc2)c1.F[B-](F)(F)F. The van der Waals surface area contributed by atoms with E-state index >= 15 is 0 Å². The van der Waals surface area contributed by atoms with Gasteiger partial charge in [0.1, 0.15) is 23.8 Å². The van der Waals surface area contributed by atoms with Crippen LogP contribution >= 0.6 is 15.9 Å². The van der Waals surface area contributed by atoms with Gasteiger partial charge in [0, 0.05) is 0 Å². The van der Waals surface area contributed by atoms with Gasteiger partial charge in [-0.15, -0.1) is 0 Å². The second-order valence-corrected chi connectivity index (χ2v) is 5.36. The van der Waals surface area contributed by atoms with E-state index in [9.17, 15) is 17.3 Å². The number of para-hydroxylation sites is 2. The minimum atomic E-state index is -6.00. The summed E-state index contributed by atoms with van der Waals surface area (Å²) in [5.41, 5.74) is 2.29. The minimum Gasteiger partial charge on any atom is -0.418 e. The summed E-state index contributed by atoms with van der Waals surface area (Å²) in [4.78, 5) is 0. The molecular formula is C15H12BBrF4N2. The normalized spacial score (nSPS) is 10.8. The molecule has 0 bridgehead atoms. The Labute approximate surface area is 139 Å². The van der Waals surface area contributed by atoms with E-state index in [1.54, 1.807) is 0 Å². The van der Waals surface area contributed by atoms with Crippen molar-refractivity contribution in [2.45, 2.75) is 0 Å². The van der Waals surface area contributed by atoms with Gasteiger partial charge in [-0.05, 0) is 40.2 Å². The van der Waals surface area contributed by atoms with Crippen molar-refractivity contribution in [2.75, 3.05) is 0 Å². The maximum absolute atomic E-state index is 9.75. The van der Waals surface area contributed by atoms with Gasteiger partial charge in [-0.3, -0.25) is 0 Å². The predicted molar refractivity (Wildman–Crippen MR) is 85.2 cm³/mol. The molecule has 0 saturated heterocycles. The Morgan fingerprint density at radius 3 is 2.04 bits per heavy atom. The fraction of sp³-hybridized carbons (Fsp3) is 0. The van der Waals surface area contributed by atoms with Crippen molar-refractivity contribution in [2.24, 2.45) is 0 Å². The van der Waals surface area contributed by atoms with E-state index in [2.05, 4.69) is 55.8 Å². The van der Waals surface area contributed by atoms with Crippen molar-refractivity contribution in [1.82, 2.24) is 4.57 Å². The summed E-state index contributed by atoms with van der Waals surface area (Å²) in [6, 6.07) is 18.5. The number of hydrogen-bond donors (Lipinski definition) is 0. The highest BCUT2D eigenvalue weighted by molar-refractivity contribution is 9.10. The highest BCUT2D eigenvalue weighted by Gasteiger charge is 2.20. The van der Waals surface area contributed by atoms with Crippen LogP contribution < -0.4 is 4.57 Å². The molecule has 0 N–H and O–H groups in total. The Morgan fingerprint density at radius 1 is 0.870 bits per heavy atom. The molecule has 0 saturated carbocycles. The summed E-state index contributed by atoms with van der Waals surface area (Å²) in [7, 11) is -6.00. The zero-order chi connectivity index (χ0) is 16.9. The number of aromatic nitrogens is 2. The third-order valence-electron chi connectivity index (χ3n) is 2.82. The van der Waals surface area contributed by atoms with Crippen LogP contribution in [0, 0.1) is 0 Å². The lowest BCUT2D eigenvalue weighted by molar-refractivity contribution is -0.595. The molecule has 2 nitrogen and oxygen atoms in total. The first-order valence-corrected chi connectivity index (χ1v) is 7.41. The summed E-state index contributed by atoms with van der Waals surface area (Å²) < 4.78 is 44.3. The Balaban J connectivity index is 0.000000338. The molecule has 0 amide bonds. The fourth-order valence-electron chi connectivity index (χ4n) is 1.91. The monoisotopic (exact) mass is 386 g/mol. The lowest BCUT2D eigenvalue weighted by Gasteiger charge is -1.98. The molecule has 1 aromatic heterocycles. The molecule has 3 aromatic rings. The summed E-state index contributed by atoms with van der Waals surface area (Å²) in [6.07, 6.45) is 6.16. The summed E-state index contributed by atoms with van der Waals surface area (Å²) in [5, 5.41) is 0. The minimum absolute atomic E-state index is 1.08. The number of halogens is 5. The van der Waals surface area contributed by atoms with Gasteiger partial charge in [0.15, 0.2) is 0 Å². The number of hydrogen-bond acceptors (Lipinski definition) is 0. The number of benzene rings is 2. The van der Waals surface area contributed by atoms with Crippen molar-refractivity contribution in [3.63, 3.8) is 0 Å². The molecule has 0 aliphatic heterocycles. The van der Waals surface area contributed by atoms with Gasteiger partial charge in [-0.1, -0.05) is 30.3 Å². The van der Waals surface area contributed by atoms with Gasteiger partial charge in [0.25, 0.3) is 6.33 Å². The fourth-order valence-corrected chi connectivity index (χ4v) is 2.40. The van der Waals surface area contributed by atoms with Crippen LogP contribution in [0.2, 0.25) is 0 Å². The second kappa shape index (κ2) is 7.46. The molecular weight excluding hydrogens is 375 g/mol. The standard InChI is InChI=1S/C15H12BrN2.BF4/c16-14-8-4-5-9-15(14)18-11-10-17(12-18)13-6-2-1-3-7-13;2-1(3,4)5/h1-12H;/q+1;-1. The van der Waals surface area contributed by atoms with Crippen molar-refractivity contribution in [3.05, 3.63) is 77.8 Å². The van der Waals surface area contributed by atoms with Crippen molar-refractivity contribution < 1.29 is 21.8 Å². The van der Waals surface area contributed by atoms with Crippen LogP contribution in [-0.2, 0) is 0 Å². The molecule has 1 heterocycles.